The molecular weight excluding hydrogens is 861 g/mol. The van der Waals surface area contributed by atoms with E-state index >= 15 is 0 Å². The molecule has 4 heterocycles. The second kappa shape index (κ2) is 19.9. The molecule has 0 saturated carbocycles. The molecule has 4 aromatic heterocycles. The van der Waals surface area contributed by atoms with Crippen LogP contribution in [0.15, 0.2) is 121 Å². The first-order valence-electron chi connectivity index (χ1n) is 24.5. The predicted octanol–water partition coefficient (Wildman–Crippen LogP) is 18.5. The quantitative estimate of drug-likeness (QED) is 0.0758. The number of aryl methyl sites for hydroxylation is 2. The highest BCUT2D eigenvalue weighted by atomic mass is 32.1. The Balaban J connectivity index is 1.12. The van der Waals surface area contributed by atoms with Crippen LogP contribution >= 0.6 is 34.4 Å². The van der Waals surface area contributed by atoms with Gasteiger partial charge in [-0.1, -0.05) is 187 Å². The summed E-state index contributed by atoms with van der Waals surface area (Å²) < 4.78 is 10.1. The summed E-state index contributed by atoms with van der Waals surface area (Å²) >= 11 is 4.89. The number of aromatic nitrogens is 4. The van der Waals surface area contributed by atoms with Gasteiger partial charge in [0.25, 0.3) is 0 Å². The van der Waals surface area contributed by atoms with Crippen LogP contribution in [-0.4, -0.2) is 18.7 Å². The molecule has 7 heteroatoms. The summed E-state index contributed by atoms with van der Waals surface area (Å²) in [4.78, 5) is 16.1. The van der Waals surface area contributed by atoms with E-state index < -0.39 is 0 Å². The molecular formula is C59H60N4S3. The van der Waals surface area contributed by atoms with E-state index in [1.807, 2.05) is 11.3 Å². The van der Waals surface area contributed by atoms with Gasteiger partial charge in [-0.2, -0.15) is 8.75 Å². The second-order valence-electron chi connectivity index (χ2n) is 18.6. The van der Waals surface area contributed by atoms with Gasteiger partial charge in [-0.3, -0.25) is 0 Å². The number of hydrogen-bond acceptors (Lipinski definition) is 7. The van der Waals surface area contributed by atoms with Gasteiger partial charge in [0, 0.05) is 47.2 Å². The fourth-order valence-electron chi connectivity index (χ4n) is 10.6. The average molecular weight is 921 g/mol. The van der Waals surface area contributed by atoms with Gasteiger partial charge in [0.15, 0.2) is 0 Å². The molecule has 334 valence electrons. The van der Waals surface area contributed by atoms with Crippen LogP contribution in [0.3, 0.4) is 0 Å². The van der Waals surface area contributed by atoms with Crippen molar-refractivity contribution in [1.29, 1.82) is 0 Å². The van der Waals surface area contributed by atoms with Crippen molar-refractivity contribution in [3.63, 3.8) is 0 Å². The Kier molecular flexibility index (Phi) is 13.4. The van der Waals surface area contributed by atoms with E-state index in [2.05, 4.69) is 149 Å². The standard InChI is InChI=1S/C59H60N4S3/c1-5-7-9-11-13-21-35-59(36-22-14-12-10-8-6-2)46-37-39(3)27-30-44(46)45-31-29-43(38-47(45)59)48-33-34-50(65-48)52-56-55(51(49-32-28-40(4)64-49)57-58(52)63-66-62-57)60-53(41-23-17-15-18-24-41)54(61-56)42-25-19-16-20-26-42/h15-20,23-34,37-38H,5-14,21-22,35-36H2,1-4H3. The molecule has 0 unspecified atom stereocenters. The number of benzene rings is 5. The van der Waals surface area contributed by atoms with Crippen LogP contribution in [-0.2, 0) is 5.41 Å². The minimum absolute atomic E-state index is 0.0206. The van der Waals surface area contributed by atoms with Crippen LogP contribution in [0.4, 0.5) is 0 Å². The van der Waals surface area contributed by atoms with Crippen molar-refractivity contribution in [3.8, 4) is 65.0 Å². The van der Waals surface area contributed by atoms with Gasteiger partial charge in [-0.15, -0.1) is 22.7 Å². The highest BCUT2D eigenvalue weighted by Crippen LogP contribution is 2.56. The van der Waals surface area contributed by atoms with Gasteiger partial charge < -0.3 is 0 Å². The maximum atomic E-state index is 5.69. The van der Waals surface area contributed by atoms with Gasteiger partial charge in [0.1, 0.15) is 22.1 Å². The Morgan fingerprint density at radius 2 is 0.939 bits per heavy atom. The fourth-order valence-corrected chi connectivity index (χ4v) is 13.1. The zero-order valence-electron chi connectivity index (χ0n) is 39.0. The topological polar surface area (TPSA) is 51.6 Å². The van der Waals surface area contributed by atoms with E-state index in [4.69, 9.17) is 18.7 Å². The number of rotatable bonds is 19. The predicted molar refractivity (Wildman–Crippen MR) is 285 cm³/mol. The highest BCUT2D eigenvalue weighted by Gasteiger charge is 2.42. The first-order valence-corrected chi connectivity index (χ1v) is 26.9. The lowest BCUT2D eigenvalue weighted by atomic mass is 9.70. The van der Waals surface area contributed by atoms with Gasteiger partial charge in [0.05, 0.1) is 23.1 Å². The van der Waals surface area contributed by atoms with E-state index in [0.29, 0.717) is 0 Å². The lowest BCUT2D eigenvalue weighted by Crippen LogP contribution is -2.25. The molecule has 0 radical (unpaired) electrons. The first-order chi connectivity index (χ1) is 32.5. The summed E-state index contributed by atoms with van der Waals surface area (Å²) in [6, 6.07) is 44.7. The molecule has 1 aliphatic carbocycles. The minimum Gasteiger partial charge on any atom is -0.243 e. The Morgan fingerprint density at radius 3 is 1.50 bits per heavy atom. The smallest absolute Gasteiger partial charge is 0.116 e. The van der Waals surface area contributed by atoms with Crippen molar-refractivity contribution in [3.05, 3.63) is 143 Å². The second-order valence-corrected chi connectivity index (χ2v) is 21.5. The monoisotopic (exact) mass is 920 g/mol. The Labute approximate surface area is 403 Å². The molecule has 5 aromatic carbocycles. The molecule has 4 nitrogen and oxygen atoms in total. The summed E-state index contributed by atoms with van der Waals surface area (Å²) in [6.07, 6.45) is 18.2. The van der Waals surface area contributed by atoms with E-state index in [9.17, 15) is 0 Å². The minimum atomic E-state index is 0.0206. The molecule has 10 rings (SSSR count). The Hall–Kier alpha value is -5.34. The summed E-state index contributed by atoms with van der Waals surface area (Å²) in [5, 5.41) is 0. The maximum Gasteiger partial charge on any atom is 0.116 e. The lowest BCUT2D eigenvalue weighted by molar-refractivity contribution is 0.398. The zero-order valence-corrected chi connectivity index (χ0v) is 41.4. The van der Waals surface area contributed by atoms with Crippen molar-refractivity contribution in [2.75, 3.05) is 0 Å². The third-order valence-electron chi connectivity index (χ3n) is 14.0. The number of unbranched alkanes of at least 4 members (excludes halogenated alkanes) is 10. The van der Waals surface area contributed by atoms with Crippen LogP contribution in [0.1, 0.15) is 125 Å². The van der Waals surface area contributed by atoms with Gasteiger partial charge in [-0.05, 0) is 84.8 Å². The van der Waals surface area contributed by atoms with E-state index in [-0.39, 0.29) is 5.41 Å². The van der Waals surface area contributed by atoms with Crippen LogP contribution in [0.5, 0.6) is 0 Å². The summed E-state index contributed by atoms with van der Waals surface area (Å²) in [5.41, 5.74) is 18.0. The van der Waals surface area contributed by atoms with Crippen LogP contribution in [0, 0.1) is 13.8 Å². The summed E-state index contributed by atoms with van der Waals surface area (Å²) in [7, 11) is 0. The van der Waals surface area contributed by atoms with E-state index in [0.717, 1.165) is 65.5 Å². The summed E-state index contributed by atoms with van der Waals surface area (Å²) in [6.45, 7) is 9.08. The summed E-state index contributed by atoms with van der Waals surface area (Å²) in [5.74, 6) is 0. The number of fused-ring (bicyclic) bond motifs is 5. The molecule has 66 heavy (non-hydrogen) atoms. The molecule has 0 atom stereocenters. The molecule has 0 fully saturated rings. The molecule has 1 aliphatic rings. The van der Waals surface area contributed by atoms with Gasteiger partial charge >= 0.3 is 0 Å². The van der Waals surface area contributed by atoms with Gasteiger partial charge in [-0.25, -0.2) is 9.97 Å². The third kappa shape index (κ3) is 8.59. The van der Waals surface area contributed by atoms with Crippen LogP contribution in [0.2, 0.25) is 0 Å². The Bertz CT molecular complexity index is 3090. The van der Waals surface area contributed by atoms with Crippen LogP contribution in [0.25, 0.3) is 87.0 Å². The number of thiophene rings is 2. The normalized spacial score (nSPS) is 12.9. The molecule has 0 bridgehead atoms. The van der Waals surface area contributed by atoms with Crippen molar-refractivity contribution in [1.82, 2.24) is 18.7 Å². The largest absolute Gasteiger partial charge is 0.243 e. The van der Waals surface area contributed by atoms with Crippen molar-refractivity contribution in [2.45, 2.75) is 123 Å². The van der Waals surface area contributed by atoms with Crippen molar-refractivity contribution in [2.24, 2.45) is 0 Å². The molecule has 0 saturated heterocycles. The van der Waals surface area contributed by atoms with E-state index in [1.54, 1.807) is 16.9 Å². The fraction of sp³-hybridized carbons (Fsp3) is 0.322. The highest BCUT2D eigenvalue weighted by molar-refractivity contribution is 7.19. The Morgan fingerprint density at radius 1 is 0.439 bits per heavy atom. The van der Waals surface area contributed by atoms with Gasteiger partial charge in [0.2, 0.25) is 0 Å². The van der Waals surface area contributed by atoms with Crippen molar-refractivity contribution >= 4 is 56.5 Å². The van der Waals surface area contributed by atoms with Crippen molar-refractivity contribution < 1.29 is 0 Å². The average Bonchev–Trinajstić information content (AvgIpc) is 4.18. The SMILES string of the molecule is CCCCCCCCC1(CCCCCCCC)c2cc(C)ccc2-c2ccc(-c3ccc(-c4c5nsnc5c(-c5ccc(C)s5)c5nc(-c6ccccc6)c(-c6ccccc6)nc45)s3)cc21. The first kappa shape index (κ1) is 44.5. The third-order valence-corrected chi connectivity index (χ3v) is 16.7. The van der Waals surface area contributed by atoms with Crippen LogP contribution < -0.4 is 0 Å². The number of hydrogen-bond donors (Lipinski definition) is 0. The molecule has 0 N–H and O–H groups in total. The lowest BCUT2D eigenvalue weighted by Gasteiger charge is -2.33. The van der Waals surface area contributed by atoms with E-state index in [1.165, 1.54) is 139 Å². The molecule has 0 aliphatic heterocycles. The maximum absolute atomic E-state index is 5.69. The molecule has 9 aromatic rings. The number of nitrogens with zero attached hydrogens (tertiary/aromatic N) is 4. The molecule has 0 amide bonds. The zero-order chi connectivity index (χ0) is 45.0. The molecule has 0 spiro atoms.